The molecule has 0 aromatic heterocycles. The molecule has 0 radical (unpaired) electrons. The van der Waals surface area contributed by atoms with Crippen molar-refractivity contribution in [3.05, 3.63) is 0 Å². The summed E-state index contributed by atoms with van der Waals surface area (Å²) in [5.74, 6) is 0.345. The van der Waals surface area contributed by atoms with E-state index in [1.54, 1.807) is 0 Å². The maximum atomic E-state index is 10.3. The van der Waals surface area contributed by atoms with Crippen molar-refractivity contribution >= 4 is 11.1 Å². The van der Waals surface area contributed by atoms with Crippen molar-refractivity contribution in [3.8, 4) is 0 Å². The van der Waals surface area contributed by atoms with E-state index in [4.69, 9.17) is 0 Å². The first-order chi connectivity index (χ1) is 8.77. The highest BCUT2D eigenvalue weighted by Gasteiger charge is 1.93. The second-order valence-corrected chi connectivity index (χ2v) is 6.27. The van der Waals surface area contributed by atoms with E-state index < -0.39 is 11.1 Å². The molecule has 0 rings (SSSR count). The number of rotatable bonds is 14. The van der Waals surface area contributed by atoms with E-state index in [0.717, 1.165) is 12.8 Å². The highest BCUT2D eigenvalue weighted by atomic mass is 32.2. The minimum atomic E-state index is -1.83. The molecule has 0 aromatic carbocycles. The Hall–Kier alpha value is 0.110. The van der Waals surface area contributed by atoms with Gasteiger partial charge in [0.05, 0.1) is 0 Å². The molecule has 18 heavy (non-hydrogen) atoms. The van der Waals surface area contributed by atoms with Crippen molar-refractivity contribution in [1.29, 1.82) is 0 Å². The van der Waals surface area contributed by atoms with Crippen LogP contribution in [0, 0.1) is 0 Å². The maximum Gasteiger partial charge on any atom is 0.0102 e. The summed E-state index contributed by atoms with van der Waals surface area (Å²) in [4.78, 5) is 0. The molecule has 0 heterocycles. The quantitative estimate of drug-likeness (QED) is 0.332. The van der Waals surface area contributed by atoms with E-state index in [1.807, 2.05) is 0 Å². The molecule has 1 unspecified atom stereocenters. The van der Waals surface area contributed by atoms with E-state index >= 15 is 0 Å². The van der Waals surface area contributed by atoms with Crippen LogP contribution in [0.4, 0.5) is 0 Å². The zero-order valence-electron chi connectivity index (χ0n) is 12.1. The predicted octanol–water partition coefficient (Wildman–Crippen LogP) is 4.96. The fourth-order valence-corrected chi connectivity index (χ4v) is 2.68. The van der Waals surface area contributed by atoms with Crippen molar-refractivity contribution in [2.45, 2.75) is 90.4 Å². The predicted molar refractivity (Wildman–Crippen MR) is 79.5 cm³/mol. The van der Waals surface area contributed by atoms with Crippen LogP contribution in [0.5, 0.6) is 0 Å². The standard InChI is InChI=1S/C15H32O2S/c1-2-3-4-5-6-7-8-9-10-11-12-13-14-15-18(16)17/h2-15H2,1H3,(H,16,17)/p-1. The van der Waals surface area contributed by atoms with Gasteiger partial charge < -0.3 is 4.55 Å². The summed E-state index contributed by atoms with van der Waals surface area (Å²) in [7, 11) is 0. The van der Waals surface area contributed by atoms with E-state index in [0.29, 0.717) is 5.75 Å². The Morgan fingerprint density at radius 2 is 1.00 bits per heavy atom. The van der Waals surface area contributed by atoms with Crippen LogP contribution < -0.4 is 0 Å². The minimum absolute atomic E-state index is 0.345. The van der Waals surface area contributed by atoms with Gasteiger partial charge in [0.15, 0.2) is 0 Å². The first-order valence-corrected chi connectivity index (χ1v) is 9.07. The fourth-order valence-electron chi connectivity index (χ4n) is 2.24. The second-order valence-electron chi connectivity index (χ2n) is 5.25. The third-order valence-electron chi connectivity index (χ3n) is 3.41. The summed E-state index contributed by atoms with van der Waals surface area (Å²) >= 11 is -1.83. The molecule has 0 saturated carbocycles. The molecule has 0 aliphatic heterocycles. The molecule has 110 valence electrons. The first kappa shape index (κ1) is 18.1. The normalized spacial score (nSPS) is 12.8. The van der Waals surface area contributed by atoms with Gasteiger partial charge in [0.25, 0.3) is 0 Å². The molecule has 0 aliphatic carbocycles. The Morgan fingerprint density at radius 3 is 1.33 bits per heavy atom. The van der Waals surface area contributed by atoms with Crippen LogP contribution in [0.25, 0.3) is 0 Å². The van der Waals surface area contributed by atoms with E-state index in [1.165, 1.54) is 70.6 Å². The summed E-state index contributed by atoms with van der Waals surface area (Å²) in [6.45, 7) is 2.26. The molecule has 0 N–H and O–H groups in total. The lowest BCUT2D eigenvalue weighted by molar-refractivity contribution is 0.526. The Morgan fingerprint density at radius 1 is 0.667 bits per heavy atom. The Bertz CT molecular complexity index is 183. The van der Waals surface area contributed by atoms with Gasteiger partial charge in [-0.05, 0) is 6.42 Å². The van der Waals surface area contributed by atoms with Crippen LogP contribution in [-0.4, -0.2) is 14.5 Å². The topological polar surface area (TPSA) is 40.1 Å². The lowest BCUT2D eigenvalue weighted by Crippen LogP contribution is -1.94. The lowest BCUT2D eigenvalue weighted by Gasteiger charge is -2.04. The van der Waals surface area contributed by atoms with Crippen molar-refractivity contribution in [2.75, 3.05) is 5.75 Å². The second kappa shape index (κ2) is 15.2. The largest absolute Gasteiger partial charge is 0.772 e. The van der Waals surface area contributed by atoms with Crippen LogP contribution >= 0.6 is 0 Å². The van der Waals surface area contributed by atoms with Gasteiger partial charge in [-0.3, -0.25) is 4.21 Å². The number of hydrogen-bond acceptors (Lipinski definition) is 2. The molecule has 0 bridgehead atoms. The lowest BCUT2D eigenvalue weighted by atomic mass is 10.1. The van der Waals surface area contributed by atoms with Gasteiger partial charge in [-0.15, -0.1) is 0 Å². The van der Waals surface area contributed by atoms with Gasteiger partial charge >= 0.3 is 0 Å². The highest BCUT2D eigenvalue weighted by Crippen LogP contribution is 2.12. The molecule has 0 amide bonds. The Kier molecular flexibility index (Phi) is 15.3. The zero-order chi connectivity index (χ0) is 13.5. The van der Waals surface area contributed by atoms with E-state index in [2.05, 4.69) is 6.92 Å². The summed E-state index contributed by atoms with van der Waals surface area (Å²) in [6.07, 6.45) is 16.8. The summed E-state index contributed by atoms with van der Waals surface area (Å²) in [5.41, 5.74) is 0. The molecule has 2 nitrogen and oxygen atoms in total. The van der Waals surface area contributed by atoms with Gasteiger partial charge in [-0.25, -0.2) is 0 Å². The average Bonchev–Trinajstić information content (AvgIpc) is 2.34. The first-order valence-electron chi connectivity index (χ1n) is 7.83. The smallest absolute Gasteiger partial charge is 0.0102 e. The van der Waals surface area contributed by atoms with Gasteiger partial charge in [-0.2, -0.15) is 0 Å². The fraction of sp³-hybridized carbons (Fsp3) is 1.00. The molecule has 3 heteroatoms. The molecule has 1 atom stereocenters. The summed E-state index contributed by atoms with van der Waals surface area (Å²) in [5, 5.41) is 0. The molecule has 0 aliphatic rings. The zero-order valence-corrected chi connectivity index (χ0v) is 12.9. The van der Waals surface area contributed by atoms with Crippen LogP contribution in [-0.2, 0) is 11.1 Å². The Labute approximate surface area is 116 Å². The Balaban J connectivity index is 2.92. The molecular weight excluding hydrogens is 244 g/mol. The van der Waals surface area contributed by atoms with Crippen molar-refractivity contribution < 1.29 is 8.76 Å². The number of hydrogen-bond donors (Lipinski definition) is 0. The highest BCUT2D eigenvalue weighted by molar-refractivity contribution is 7.79. The molecule has 0 spiro atoms. The number of unbranched alkanes of at least 4 members (excludes halogenated alkanes) is 12. The average molecular weight is 275 g/mol. The molecule has 0 aromatic rings. The van der Waals surface area contributed by atoms with Crippen molar-refractivity contribution in [2.24, 2.45) is 0 Å². The summed E-state index contributed by atoms with van der Waals surface area (Å²) in [6, 6.07) is 0. The van der Waals surface area contributed by atoms with E-state index in [9.17, 15) is 8.76 Å². The van der Waals surface area contributed by atoms with Crippen LogP contribution in [0.3, 0.4) is 0 Å². The minimum Gasteiger partial charge on any atom is -0.772 e. The van der Waals surface area contributed by atoms with Gasteiger partial charge in [0.2, 0.25) is 0 Å². The van der Waals surface area contributed by atoms with Crippen molar-refractivity contribution in [3.63, 3.8) is 0 Å². The van der Waals surface area contributed by atoms with Gasteiger partial charge in [-0.1, -0.05) is 95.1 Å². The monoisotopic (exact) mass is 275 g/mol. The summed E-state index contributed by atoms with van der Waals surface area (Å²) < 4.78 is 20.6. The van der Waals surface area contributed by atoms with Crippen LogP contribution in [0.1, 0.15) is 90.4 Å². The molecular formula is C15H31O2S-. The van der Waals surface area contributed by atoms with Gasteiger partial charge in [0, 0.05) is 5.75 Å². The van der Waals surface area contributed by atoms with Crippen LogP contribution in [0.2, 0.25) is 0 Å². The van der Waals surface area contributed by atoms with Gasteiger partial charge in [0.1, 0.15) is 0 Å². The third kappa shape index (κ3) is 16.1. The van der Waals surface area contributed by atoms with Crippen molar-refractivity contribution in [1.82, 2.24) is 0 Å². The van der Waals surface area contributed by atoms with Crippen LogP contribution in [0.15, 0.2) is 0 Å². The maximum absolute atomic E-state index is 10.3. The van der Waals surface area contributed by atoms with E-state index in [-0.39, 0.29) is 0 Å². The SMILES string of the molecule is CCCCCCCCCCCCCCCS(=O)[O-]. The molecule has 0 saturated heterocycles. The third-order valence-corrected chi connectivity index (χ3v) is 4.04. The molecule has 0 fully saturated rings.